The van der Waals surface area contributed by atoms with Crippen LogP contribution in [0.4, 0.5) is 5.00 Å². The van der Waals surface area contributed by atoms with Gasteiger partial charge in [-0.2, -0.15) is 0 Å². The average Bonchev–Trinajstić information content (AvgIpc) is 2.97. The van der Waals surface area contributed by atoms with Gasteiger partial charge in [0.2, 0.25) is 0 Å². The SMILES string of the molecule is Nc1scc(-c2cc(Br)c(OCc3ccccc3)c(Br)c2)c1C(=O)O. The maximum absolute atomic E-state index is 11.5. The summed E-state index contributed by atoms with van der Waals surface area (Å²) in [6, 6.07) is 13.5. The van der Waals surface area contributed by atoms with Crippen molar-refractivity contribution in [3.8, 4) is 16.9 Å². The Morgan fingerprint density at radius 2 is 1.80 bits per heavy atom. The van der Waals surface area contributed by atoms with Crippen LogP contribution in [0, 0.1) is 0 Å². The summed E-state index contributed by atoms with van der Waals surface area (Å²) < 4.78 is 7.36. The Hall–Kier alpha value is -1.83. The van der Waals surface area contributed by atoms with Crippen molar-refractivity contribution in [2.45, 2.75) is 6.61 Å². The van der Waals surface area contributed by atoms with Crippen LogP contribution >= 0.6 is 43.2 Å². The zero-order chi connectivity index (χ0) is 18.0. The van der Waals surface area contributed by atoms with Crippen molar-refractivity contribution in [1.82, 2.24) is 0 Å². The molecule has 0 saturated carbocycles. The zero-order valence-electron chi connectivity index (χ0n) is 12.8. The van der Waals surface area contributed by atoms with Crippen molar-refractivity contribution >= 4 is 54.2 Å². The summed E-state index contributed by atoms with van der Waals surface area (Å²) in [5.41, 5.74) is 8.31. The van der Waals surface area contributed by atoms with E-state index in [2.05, 4.69) is 31.9 Å². The minimum atomic E-state index is -1.04. The highest BCUT2D eigenvalue weighted by molar-refractivity contribution is 9.11. The van der Waals surface area contributed by atoms with Crippen LogP contribution in [0.3, 0.4) is 0 Å². The molecule has 25 heavy (non-hydrogen) atoms. The molecule has 1 aromatic heterocycles. The number of ether oxygens (including phenoxy) is 1. The first-order chi connectivity index (χ1) is 12.0. The van der Waals surface area contributed by atoms with Crippen LogP contribution in [-0.4, -0.2) is 11.1 Å². The van der Waals surface area contributed by atoms with Gasteiger partial charge in [0, 0.05) is 10.9 Å². The molecular weight excluding hydrogens is 470 g/mol. The molecule has 0 saturated heterocycles. The molecule has 0 atom stereocenters. The molecular formula is C18H13Br2NO3S. The number of carboxylic acid groups (broad SMARTS) is 1. The van der Waals surface area contributed by atoms with Crippen LogP contribution in [0.1, 0.15) is 15.9 Å². The van der Waals surface area contributed by atoms with Gasteiger partial charge < -0.3 is 15.6 Å². The molecule has 0 radical (unpaired) electrons. The summed E-state index contributed by atoms with van der Waals surface area (Å²) in [7, 11) is 0. The smallest absolute Gasteiger partial charge is 0.339 e. The maximum atomic E-state index is 11.5. The molecule has 0 aliphatic carbocycles. The van der Waals surface area contributed by atoms with Gasteiger partial charge in [-0.25, -0.2) is 4.79 Å². The van der Waals surface area contributed by atoms with E-state index in [1.54, 1.807) is 5.38 Å². The zero-order valence-corrected chi connectivity index (χ0v) is 16.8. The molecule has 2 aromatic carbocycles. The van der Waals surface area contributed by atoms with Gasteiger partial charge in [-0.3, -0.25) is 0 Å². The van der Waals surface area contributed by atoms with Crippen molar-refractivity contribution in [3.63, 3.8) is 0 Å². The predicted octanol–water partition coefficient (Wildman–Crippen LogP) is 5.80. The molecule has 7 heteroatoms. The van der Waals surface area contributed by atoms with E-state index >= 15 is 0 Å². The monoisotopic (exact) mass is 481 g/mol. The number of thiophene rings is 1. The summed E-state index contributed by atoms with van der Waals surface area (Å²) in [4.78, 5) is 11.5. The Kier molecular flexibility index (Phi) is 5.46. The van der Waals surface area contributed by atoms with Crippen LogP contribution < -0.4 is 10.5 Å². The van der Waals surface area contributed by atoms with E-state index in [0.29, 0.717) is 22.9 Å². The summed E-state index contributed by atoms with van der Waals surface area (Å²) in [6.45, 7) is 0.434. The van der Waals surface area contributed by atoms with Gasteiger partial charge in [-0.1, -0.05) is 30.3 Å². The summed E-state index contributed by atoms with van der Waals surface area (Å²) in [6.07, 6.45) is 0. The second-order valence-electron chi connectivity index (χ2n) is 5.24. The highest BCUT2D eigenvalue weighted by Crippen LogP contribution is 2.41. The summed E-state index contributed by atoms with van der Waals surface area (Å²) >= 11 is 8.23. The van der Waals surface area contributed by atoms with Crippen LogP contribution in [0.2, 0.25) is 0 Å². The van der Waals surface area contributed by atoms with E-state index in [1.807, 2.05) is 42.5 Å². The summed E-state index contributed by atoms with van der Waals surface area (Å²) in [5, 5.41) is 11.4. The Labute approximate surface area is 165 Å². The molecule has 0 amide bonds. The van der Waals surface area contributed by atoms with Gasteiger partial charge in [0.25, 0.3) is 0 Å². The van der Waals surface area contributed by atoms with Crippen molar-refractivity contribution in [2.24, 2.45) is 0 Å². The number of nitrogen functional groups attached to an aromatic ring is 1. The fourth-order valence-corrected chi connectivity index (χ4v) is 4.62. The van der Waals surface area contributed by atoms with E-state index in [9.17, 15) is 9.90 Å². The number of anilines is 1. The molecule has 0 aliphatic rings. The number of hydrogen-bond acceptors (Lipinski definition) is 4. The number of nitrogens with two attached hydrogens (primary N) is 1. The number of aromatic carboxylic acids is 1. The van der Waals surface area contributed by atoms with Crippen molar-refractivity contribution in [3.05, 3.63) is 67.9 Å². The second kappa shape index (κ2) is 7.59. The lowest BCUT2D eigenvalue weighted by atomic mass is 10.0. The topological polar surface area (TPSA) is 72.5 Å². The Morgan fingerprint density at radius 1 is 1.16 bits per heavy atom. The van der Waals surface area contributed by atoms with Gasteiger partial charge in [0.1, 0.15) is 22.9 Å². The van der Waals surface area contributed by atoms with Gasteiger partial charge in [-0.05, 0) is 55.1 Å². The Bertz CT molecular complexity index is 902. The van der Waals surface area contributed by atoms with E-state index in [0.717, 1.165) is 20.1 Å². The van der Waals surface area contributed by atoms with Crippen LogP contribution in [-0.2, 0) is 6.61 Å². The molecule has 128 valence electrons. The third-order valence-electron chi connectivity index (χ3n) is 3.57. The van der Waals surface area contributed by atoms with E-state index in [-0.39, 0.29) is 5.56 Å². The van der Waals surface area contributed by atoms with Crippen LogP contribution in [0.5, 0.6) is 5.75 Å². The number of rotatable bonds is 5. The van der Waals surface area contributed by atoms with Gasteiger partial charge in [-0.15, -0.1) is 11.3 Å². The molecule has 1 heterocycles. The number of halogens is 2. The molecule has 0 aliphatic heterocycles. The number of benzene rings is 2. The highest BCUT2D eigenvalue weighted by Gasteiger charge is 2.20. The molecule has 0 bridgehead atoms. The van der Waals surface area contributed by atoms with Crippen LogP contribution in [0.15, 0.2) is 56.8 Å². The third kappa shape index (κ3) is 3.89. The first-order valence-corrected chi connectivity index (χ1v) is 9.70. The first-order valence-electron chi connectivity index (χ1n) is 7.23. The molecule has 0 fully saturated rings. The minimum absolute atomic E-state index is 0.127. The highest BCUT2D eigenvalue weighted by atomic mass is 79.9. The van der Waals surface area contributed by atoms with Gasteiger partial charge in [0.05, 0.1) is 8.95 Å². The molecule has 0 unspecified atom stereocenters. The fraction of sp³-hybridized carbons (Fsp3) is 0.0556. The van der Waals surface area contributed by atoms with Gasteiger partial charge in [0.15, 0.2) is 0 Å². The Balaban J connectivity index is 1.92. The molecule has 3 aromatic rings. The Morgan fingerprint density at radius 3 is 2.40 bits per heavy atom. The van der Waals surface area contributed by atoms with Crippen molar-refractivity contribution < 1.29 is 14.6 Å². The van der Waals surface area contributed by atoms with Crippen molar-refractivity contribution in [2.75, 3.05) is 5.73 Å². The van der Waals surface area contributed by atoms with Gasteiger partial charge >= 0.3 is 5.97 Å². The van der Waals surface area contributed by atoms with E-state index in [1.165, 1.54) is 11.3 Å². The van der Waals surface area contributed by atoms with E-state index < -0.39 is 5.97 Å². The van der Waals surface area contributed by atoms with Crippen LogP contribution in [0.25, 0.3) is 11.1 Å². The number of carboxylic acids is 1. The normalized spacial score (nSPS) is 10.6. The molecule has 3 rings (SSSR count). The maximum Gasteiger partial charge on any atom is 0.339 e. The lowest BCUT2D eigenvalue weighted by Crippen LogP contribution is -2.01. The molecule has 0 spiro atoms. The van der Waals surface area contributed by atoms with E-state index in [4.69, 9.17) is 10.5 Å². The lowest BCUT2D eigenvalue weighted by Gasteiger charge is -2.12. The first kappa shape index (κ1) is 18.0. The summed E-state index contributed by atoms with van der Waals surface area (Å²) in [5.74, 6) is -0.377. The number of hydrogen-bond donors (Lipinski definition) is 2. The standard InChI is InChI=1S/C18H13Br2NO3S/c19-13-6-11(12-9-25-17(21)15(12)18(22)23)7-14(20)16(13)24-8-10-4-2-1-3-5-10/h1-7,9H,8,21H2,(H,22,23). The lowest BCUT2D eigenvalue weighted by molar-refractivity contribution is 0.0699. The van der Waals surface area contributed by atoms with Crippen molar-refractivity contribution in [1.29, 1.82) is 0 Å². The second-order valence-corrected chi connectivity index (χ2v) is 7.86. The molecule has 3 N–H and O–H groups in total. The largest absolute Gasteiger partial charge is 0.487 e. The third-order valence-corrected chi connectivity index (χ3v) is 5.56. The predicted molar refractivity (Wildman–Crippen MR) is 107 cm³/mol. The quantitative estimate of drug-likeness (QED) is 0.482. The molecule has 4 nitrogen and oxygen atoms in total. The minimum Gasteiger partial charge on any atom is -0.487 e. The fourth-order valence-electron chi connectivity index (χ4n) is 2.39. The number of carbonyl (C=O) groups is 1. The average molecular weight is 483 g/mol.